The van der Waals surface area contributed by atoms with Crippen LogP contribution in [0.4, 0.5) is 5.69 Å². The molecule has 0 aliphatic carbocycles. The van der Waals surface area contributed by atoms with Crippen LogP contribution in [0, 0.1) is 0 Å². The second kappa shape index (κ2) is 9.05. The van der Waals surface area contributed by atoms with E-state index in [1.807, 2.05) is 18.2 Å². The van der Waals surface area contributed by atoms with Gasteiger partial charge in [-0.25, -0.2) is 8.42 Å². The van der Waals surface area contributed by atoms with Crippen molar-refractivity contribution in [2.45, 2.75) is 35.2 Å². The molecule has 0 atom stereocenters. The molecule has 2 aromatic rings. The molecule has 3 rings (SSSR count). The molecule has 28 heavy (non-hydrogen) atoms. The summed E-state index contributed by atoms with van der Waals surface area (Å²) >= 11 is 7.86. The van der Waals surface area contributed by atoms with Crippen molar-refractivity contribution in [3.63, 3.8) is 0 Å². The average Bonchev–Trinajstić information content (AvgIpc) is 2.71. The molecule has 2 aromatic carbocycles. The van der Waals surface area contributed by atoms with Crippen LogP contribution in [0.1, 0.15) is 25.3 Å². The van der Waals surface area contributed by atoms with E-state index in [0.717, 1.165) is 28.2 Å². The summed E-state index contributed by atoms with van der Waals surface area (Å²) in [5, 5.41) is 0.371. The Bertz CT molecular complexity index is 928. The number of benzene rings is 2. The second-order valence-corrected chi connectivity index (χ2v) is 10.2. The summed E-state index contributed by atoms with van der Waals surface area (Å²) in [6.45, 7) is 2.96. The minimum Gasteiger partial charge on any atom is -0.381 e. The van der Waals surface area contributed by atoms with Gasteiger partial charge in [0.2, 0.25) is 10.0 Å². The lowest BCUT2D eigenvalue weighted by Crippen LogP contribution is -2.35. The molecule has 1 saturated heterocycles. The summed E-state index contributed by atoms with van der Waals surface area (Å²) in [5.74, 6) is -0.00108. The van der Waals surface area contributed by atoms with E-state index in [4.69, 9.17) is 21.1 Å². The van der Waals surface area contributed by atoms with Crippen LogP contribution in [0.2, 0.25) is 5.02 Å². The number of sulfonamides is 1. The summed E-state index contributed by atoms with van der Waals surface area (Å²) in [4.78, 5) is 2.00. The van der Waals surface area contributed by atoms with Crippen molar-refractivity contribution in [2.75, 3.05) is 30.8 Å². The van der Waals surface area contributed by atoms with Gasteiger partial charge in [-0.2, -0.15) is 0 Å². The Morgan fingerprint density at radius 1 is 1.18 bits per heavy atom. The van der Waals surface area contributed by atoms with Crippen molar-refractivity contribution < 1.29 is 17.9 Å². The molecule has 0 spiro atoms. The van der Waals surface area contributed by atoms with Crippen molar-refractivity contribution in [1.82, 2.24) is 0 Å². The van der Waals surface area contributed by atoms with E-state index in [2.05, 4.69) is 16.9 Å². The van der Waals surface area contributed by atoms with Crippen LogP contribution in [-0.2, 0) is 25.1 Å². The molecular weight excluding hydrogens is 418 g/mol. The number of hydrogen-bond donors (Lipinski definition) is 1. The molecule has 0 unspecified atom stereocenters. The summed E-state index contributed by atoms with van der Waals surface area (Å²) < 4.78 is 37.4. The van der Waals surface area contributed by atoms with Gasteiger partial charge in [-0.3, -0.25) is 4.72 Å². The molecule has 1 fully saturated rings. The molecule has 0 saturated carbocycles. The number of ether oxygens (including phenoxy) is 2. The van der Waals surface area contributed by atoms with Gasteiger partial charge in [-0.05, 0) is 42.8 Å². The Morgan fingerprint density at radius 3 is 2.54 bits per heavy atom. The van der Waals surface area contributed by atoms with E-state index in [1.165, 1.54) is 0 Å². The monoisotopic (exact) mass is 441 g/mol. The first-order valence-corrected chi connectivity index (χ1v) is 11.9. The van der Waals surface area contributed by atoms with Crippen LogP contribution in [-0.4, -0.2) is 34.5 Å². The SMILES string of the molecule is CCS(=O)(=O)Nc1ccc(Sc2cccc(C3(OC)CCOCC3)c2)cc1Cl. The van der Waals surface area contributed by atoms with Gasteiger partial charge in [0.25, 0.3) is 0 Å². The van der Waals surface area contributed by atoms with Gasteiger partial charge in [0.15, 0.2) is 0 Å². The lowest BCUT2D eigenvalue weighted by atomic mass is 9.86. The quantitative estimate of drug-likeness (QED) is 0.661. The molecule has 1 aliphatic heterocycles. The van der Waals surface area contributed by atoms with E-state index in [-0.39, 0.29) is 11.4 Å². The molecule has 152 valence electrons. The molecule has 1 heterocycles. The minimum absolute atomic E-state index is 0.00108. The topological polar surface area (TPSA) is 64.6 Å². The standard InChI is InChI=1S/C20H24ClNO4S2/c1-3-28(23,24)22-19-8-7-17(14-18(19)21)27-16-6-4-5-15(13-16)20(25-2)9-11-26-12-10-20/h4-8,13-14,22H,3,9-12H2,1-2H3. The lowest BCUT2D eigenvalue weighted by molar-refractivity contribution is -0.0948. The van der Waals surface area contributed by atoms with E-state index in [1.54, 1.807) is 37.9 Å². The Kier molecular flexibility index (Phi) is 6.94. The predicted octanol–water partition coefficient (Wildman–Crippen LogP) is 4.90. The van der Waals surface area contributed by atoms with Crippen LogP contribution < -0.4 is 4.72 Å². The number of halogens is 1. The number of rotatable bonds is 7. The van der Waals surface area contributed by atoms with Crippen molar-refractivity contribution in [1.29, 1.82) is 0 Å². The maximum atomic E-state index is 11.7. The Morgan fingerprint density at radius 2 is 1.89 bits per heavy atom. The van der Waals surface area contributed by atoms with E-state index in [9.17, 15) is 8.42 Å². The Balaban J connectivity index is 1.80. The van der Waals surface area contributed by atoms with Gasteiger partial charge >= 0.3 is 0 Å². The van der Waals surface area contributed by atoms with E-state index in [0.29, 0.717) is 23.9 Å². The highest BCUT2D eigenvalue weighted by molar-refractivity contribution is 7.99. The molecule has 5 nitrogen and oxygen atoms in total. The lowest BCUT2D eigenvalue weighted by Gasteiger charge is -2.36. The van der Waals surface area contributed by atoms with Crippen LogP contribution >= 0.6 is 23.4 Å². The van der Waals surface area contributed by atoms with Gasteiger partial charge in [-0.1, -0.05) is 35.5 Å². The molecule has 0 bridgehead atoms. The Hall–Kier alpha value is -1.25. The number of anilines is 1. The molecule has 1 N–H and O–H groups in total. The first-order chi connectivity index (χ1) is 13.4. The maximum absolute atomic E-state index is 11.7. The fraction of sp³-hybridized carbons (Fsp3) is 0.400. The first-order valence-electron chi connectivity index (χ1n) is 9.09. The van der Waals surface area contributed by atoms with Gasteiger partial charge < -0.3 is 9.47 Å². The van der Waals surface area contributed by atoms with Gasteiger partial charge in [0.05, 0.1) is 22.1 Å². The van der Waals surface area contributed by atoms with Gasteiger partial charge in [-0.15, -0.1) is 0 Å². The third kappa shape index (κ3) is 5.02. The van der Waals surface area contributed by atoms with Crippen molar-refractivity contribution in [3.8, 4) is 0 Å². The summed E-state index contributed by atoms with van der Waals surface area (Å²) in [6, 6.07) is 13.6. The fourth-order valence-electron chi connectivity index (χ4n) is 3.17. The normalized spacial score (nSPS) is 16.7. The number of nitrogens with one attached hydrogen (secondary N) is 1. The molecule has 8 heteroatoms. The molecular formula is C20H24ClNO4S2. The number of hydrogen-bond acceptors (Lipinski definition) is 5. The zero-order valence-electron chi connectivity index (χ0n) is 15.9. The van der Waals surface area contributed by atoms with E-state index >= 15 is 0 Å². The van der Waals surface area contributed by atoms with Crippen molar-refractivity contribution in [3.05, 3.63) is 53.1 Å². The van der Waals surface area contributed by atoms with E-state index < -0.39 is 10.0 Å². The molecule has 1 aliphatic rings. The van der Waals surface area contributed by atoms with Crippen LogP contribution in [0.25, 0.3) is 0 Å². The van der Waals surface area contributed by atoms with Crippen LogP contribution in [0.15, 0.2) is 52.3 Å². The van der Waals surface area contributed by atoms with Crippen molar-refractivity contribution >= 4 is 39.1 Å². The van der Waals surface area contributed by atoms with Crippen molar-refractivity contribution in [2.24, 2.45) is 0 Å². The summed E-state index contributed by atoms with van der Waals surface area (Å²) in [5.41, 5.74) is 1.22. The third-order valence-electron chi connectivity index (χ3n) is 4.87. The average molecular weight is 442 g/mol. The zero-order chi connectivity index (χ0) is 20.2. The van der Waals surface area contributed by atoms with Crippen LogP contribution in [0.3, 0.4) is 0 Å². The minimum atomic E-state index is -3.36. The predicted molar refractivity (Wildman–Crippen MR) is 114 cm³/mol. The fourth-order valence-corrected chi connectivity index (χ4v) is 5.10. The highest BCUT2D eigenvalue weighted by Gasteiger charge is 2.34. The second-order valence-electron chi connectivity index (χ2n) is 6.59. The Labute approximate surface area is 175 Å². The highest BCUT2D eigenvalue weighted by atomic mass is 35.5. The number of methoxy groups -OCH3 is 1. The molecule has 0 radical (unpaired) electrons. The summed E-state index contributed by atoms with van der Waals surface area (Å²) in [7, 11) is -1.61. The van der Waals surface area contributed by atoms with Gasteiger partial charge in [0, 0.05) is 43.0 Å². The maximum Gasteiger partial charge on any atom is 0.232 e. The largest absolute Gasteiger partial charge is 0.381 e. The first kappa shape index (κ1) is 21.5. The molecule has 0 amide bonds. The highest BCUT2D eigenvalue weighted by Crippen LogP contribution is 2.39. The van der Waals surface area contributed by atoms with Crippen LogP contribution in [0.5, 0.6) is 0 Å². The molecule has 0 aromatic heterocycles. The zero-order valence-corrected chi connectivity index (χ0v) is 18.3. The van der Waals surface area contributed by atoms with Gasteiger partial charge in [0.1, 0.15) is 0 Å². The summed E-state index contributed by atoms with van der Waals surface area (Å²) in [6.07, 6.45) is 1.66. The smallest absolute Gasteiger partial charge is 0.232 e. The third-order valence-corrected chi connectivity index (χ3v) is 7.46.